The van der Waals surface area contributed by atoms with E-state index in [2.05, 4.69) is 30.6 Å². The zero-order valence-electron chi connectivity index (χ0n) is 15.8. The van der Waals surface area contributed by atoms with Crippen LogP contribution in [0.15, 0.2) is 59.8 Å². The van der Waals surface area contributed by atoms with E-state index in [1.165, 1.54) is 18.8 Å². The van der Waals surface area contributed by atoms with Crippen molar-refractivity contribution >= 4 is 40.0 Å². The molecule has 0 atom stereocenters. The molecule has 3 heterocycles. The lowest BCUT2D eigenvalue weighted by Crippen LogP contribution is -2.09. The summed E-state index contributed by atoms with van der Waals surface area (Å²) in [6, 6.07) is 12.1. The predicted octanol–water partition coefficient (Wildman–Crippen LogP) is 5.45. The highest BCUT2D eigenvalue weighted by molar-refractivity contribution is 7.98. The molecule has 0 aliphatic heterocycles. The van der Waals surface area contributed by atoms with E-state index in [4.69, 9.17) is 0 Å². The van der Waals surface area contributed by atoms with Crippen molar-refractivity contribution in [3.63, 3.8) is 0 Å². The second-order valence-electron chi connectivity index (χ2n) is 6.39. The van der Waals surface area contributed by atoms with Crippen LogP contribution in [0.5, 0.6) is 0 Å². The number of fused-ring (bicyclic) bond motifs is 1. The van der Waals surface area contributed by atoms with Gasteiger partial charge in [-0.2, -0.15) is 13.2 Å². The molecule has 0 bridgehead atoms. The normalized spacial score (nSPS) is 11.6. The number of aromatic nitrogens is 4. The molecule has 0 aliphatic rings. The van der Waals surface area contributed by atoms with Gasteiger partial charge in [-0.25, -0.2) is 9.97 Å². The topological polar surface area (TPSA) is 78.5 Å². The lowest BCUT2D eigenvalue weighted by molar-refractivity contribution is -0.141. The molecule has 30 heavy (non-hydrogen) atoms. The maximum absolute atomic E-state index is 13.1. The van der Waals surface area contributed by atoms with Gasteiger partial charge in [-0.3, -0.25) is 4.98 Å². The van der Waals surface area contributed by atoms with Crippen LogP contribution in [-0.2, 0) is 11.9 Å². The number of aromatic amines is 1. The molecule has 0 fully saturated rings. The minimum Gasteiger partial charge on any atom is -0.373 e. The smallest absolute Gasteiger partial charge is 0.373 e. The summed E-state index contributed by atoms with van der Waals surface area (Å²) in [7, 11) is 1.54. The van der Waals surface area contributed by atoms with Crippen LogP contribution in [0.3, 0.4) is 0 Å². The molecular weight excluding hydrogens is 413 g/mol. The Bertz CT molecular complexity index is 1160. The minimum absolute atomic E-state index is 0.169. The highest BCUT2D eigenvalue weighted by atomic mass is 32.2. The fraction of sp³-hybridized carbons (Fsp3) is 0.150. The maximum atomic E-state index is 13.1. The number of thioether (sulfide) groups is 1. The number of benzene rings is 1. The standard InChI is InChI=1S/C20H17F3N6S/c1-24-18-9-14(8-17(29-18)20(21,22)23)30-11-19-27-15-5-4-12(7-16(15)28-19)26-13-3-2-6-25-10-13/h2-10,26H,11H2,1H3,(H,24,29)(H,27,28). The van der Waals surface area contributed by atoms with Crippen LogP contribution < -0.4 is 10.6 Å². The first-order chi connectivity index (χ1) is 14.4. The molecule has 0 saturated carbocycles. The summed E-state index contributed by atoms with van der Waals surface area (Å²) in [5.41, 5.74) is 2.42. The molecule has 3 N–H and O–H groups in total. The third kappa shape index (κ3) is 4.65. The van der Waals surface area contributed by atoms with Crippen molar-refractivity contribution in [2.45, 2.75) is 16.8 Å². The highest BCUT2D eigenvalue weighted by Gasteiger charge is 2.33. The first kappa shape index (κ1) is 20.0. The number of nitrogens with one attached hydrogen (secondary N) is 3. The molecule has 6 nitrogen and oxygen atoms in total. The number of rotatable bonds is 6. The van der Waals surface area contributed by atoms with Gasteiger partial charge in [-0.05, 0) is 42.5 Å². The van der Waals surface area contributed by atoms with E-state index in [1.54, 1.807) is 18.5 Å². The number of anilines is 3. The molecule has 0 amide bonds. The van der Waals surface area contributed by atoms with E-state index in [9.17, 15) is 13.2 Å². The van der Waals surface area contributed by atoms with Crippen molar-refractivity contribution in [1.82, 2.24) is 19.9 Å². The second kappa shape index (κ2) is 8.23. The molecule has 154 valence electrons. The first-order valence-electron chi connectivity index (χ1n) is 8.96. The number of alkyl halides is 3. The molecular formula is C20H17F3N6S. The zero-order valence-corrected chi connectivity index (χ0v) is 16.6. The molecule has 0 spiro atoms. The fourth-order valence-corrected chi connectivity index (χ4v) is 3.65. The van der Waals surface area contributed by atoms with Gasteiger partial charge in [0.2, 0.25) is 0 Å². The number of nitrogens with zero attached hydrogens (tertiary/aromatic N) is 3. The summed E-state index contributed by atoms with van der Waals surface area (Å²) >= 11 is 1.26. The maximum Gasteiger partial charge on any atom is 0.433 e. The van der Waals surface area contributed by atoms with E-state index in [1.807, 2.05) is 30.3 Å². The number of hydrogen-bond acceptors (Lipinski definition) is 6. The van der Waals surface area contributed by atoms with Gasteiger partial charge in [0.1, 0.15) is 17.3 Å². The van der Waals surface area contributed by atoms with Crippen LogP contribution in [0.25, 0.3) is 11.0 Å². The molecule has 1 aromatic carbocycles. The SMILES string of the molecule is CNc1cc(SCc2nc3cc(Nc4cccnc4)ccc3[nH]2)cc(C(F)(F)F)n1. The van der Waals surface area contributed by atoms with Crippen LogP contribution in [0.2, 0.25) is 0 Å². The van der Waals surface area contributed by atoms with Gasteiger partial charge in [0, 0.05) is 23.8 Å². The number of imidazole rings is 1. The molecule has 10 heteroatoms. The quantitative estimate of drug-likeness (QED) is 0.353. The summed E-state index contributed by atoms with van der Waals surface area (Å²) in [5.74, 6) is 1.23. The third-order valence-corrected chi connectivity index (χ3v) is 5.19. The largest absolute Gasteiger partial charge is 0.433 e. The fourth-order valence-electron chi connectivity index (χ4n) is 2.82. The van der Waals surface area contributed by atoms with Crippen molar-refractivity contribution in [2.75, 3.05) is 17.7 Å². The average Bonchev–Trinajstić information content (AvgIpc) is 3.14. The highest BCUT2D eigenvalue weighted by Crippen LogP contribution is 2.33. The Hall–Kier alpha value is -3.27. The van der Waals surface area contributed by atoms with Crippen molar-refractivity contribution in [3.8, 4) is 0 Å². The molecule has 3 aromatic heterocycles. The first-order valence-corrected chi connectivity index (χ1v) is 9.95. The summed E-state index contributed by atoms with van der Waals surface area (Å²) in [6.45, 7) is 0. The Morgan fingerprint density at radius 3 is 2.67 bits per heavy atom. The zero-order chi connectivity index (χ0) is 21.1. The van der Waals surface area contributed by atoms with Gasteiger partial charge < -0.3 is 15.6 Å². The van der Waals surface area contributed by atoms with Gasteiger partial charge >= 0.3 is 6.18 Å². The summed E-state index contributed by atoms with van der Waals surface area (Å²) in [5, 5.41) is 5.92. The monoisotopic (exact) mass is 430 g/mol. The Kier molecular flexibility index (Phi) is 5.49. The van der Waals surface area contributed by atoms with Crippen LogP contribution >= 0.6 is 11.8 Å². The Balaban J connectivity index is 1.51. The van der Waals surface area contributed by atoms with E-state index in [0.717, 1.165) is 28.5 Å². The van der Waals surface area contributed by atoms with Crippen LogP contribution in [0, 0.1) is 0 Å². The van der Waals surface area contributed by atoms with E-state index in [0.29, 0.717) is 16.5 Å². The van der Waals surface area contributed by atoms with E-state index >= 15 is 0 Å². The second-order valence-corrected chi connectivity index (χ2v) is 7.44. The molecule has 0 aliphatic carbocycles. The van der Waals surface area contributed by atoms with Gasteiger partial charge in [-0.1, -0.05) is 0 Å². The van der Waals surface area contributed by atoms with E-state index in [-0.39, 0.29) is 5.82 Å². The molecule has 0 unspecified atom stereocenters. The lowest BCUT2D eigenvalue weighted by Gasteiger charge is -2.10. The molecule has 4 aromatic rings. The summed E-state index contributed by atoms with van der Waals surface area (Å²) in [4.78, 5) is 15.9. The average molecular weight is 430 g/mol. The Labute approximate surface area is 174 Å². The predicted molar refractivity (Wildman–Crippen MR) is 112 cm³/mol. The number of halogens is 3. The van der Waals surface area contributed by atoms with Gasteiger partial charge in [-0.15, -0.1) is 11.8 Å². The summed E-state index contributed by atoms with van der Waals surface area (Å²) in [6.07, 6.45) is -1.08. The van der Waals surface area contributed by atoms with Gasteiger partial charge in [0.25, 0.3) is 0 Å². The molecule has 4 rings (SSSR count). The van der Waals surface area contributed by atoms with Crippen molar-refractivity contribution in [2.24, 2.45) is 0 Å². The molecule has 0 saturated heterocycles. The van der Waals surface area contributed by atoms with Crippen molar-refractivity contribution < 1.29 is 13.2 Å². The number of pyridine rings is 2. The number of hydrogen-bond donors (Lipinski definition) is 3. The van der Waals surface area contributed by atoms with Crippen molar-refractivity contribution in [1.29, 1.82) is 0 Å². The van der Waals surface area contributed by atoms with Crippen molar-refractivity contribution in [3.05, 3.63) is 66.4 Å². The van der Waals surface area contributed by atoms with Crippen LogP contribution in [0.1, 0.15) is 11.5 Å². The van der Waals surface area contributed by atoms with Gasteiger partial charge in [0.15, 0.2) is 0 Å². The van der Waals surface area contributed by atoms with E-state index < -0.39 is 11.9 Å². The van der Waals surface area contributed by atoms with Crippen LogP contribution in [0.4, 0.5) is 30.4 Å². The summed E-state index contributed by atoms with van der Waals surface area (Å²) < 4.78 is 39.2. The Morgan fingerprint density at radius 1 is 1.07 bits per heavy atom. The Morgan fingerprint density at radius 2 is 1.93 bits per heavy atom. The molecule has 0 radical (unpaired) electrons. The van der Waals surface area contributed by atoms with Crippen LogP contribution in [-0.4, -0.2) is 27.0 Å². The lowest BCUT2D eigenvalue weighted by atomic mass is 10.2. The van der Waals surface area contributed by atoms with Gasteiger partial charge in [0.05, 0.1) is 28.7 Å². The number of H-pyrrole nitrogens is 1. The third-order valence-electron chi connectivity index (χ3n) is 4.20. The minimum atomic E-state index is -4.50.